The first-order valence-corrected chi connectivity index (χ1v) is 10.9. The molecular formula is C13H18ClN5O7S2. The van der Waals surface area contributed by atoms with Gasteiger partial charge in [0.2, 0.25) is 15.7 Å². The number of carbonyl (C=O) groups excluding carboxylic acids is 1. The molecule has 0 aliphatic heterocycles. The predicted molar refractivity (Wildman–Crippen MR) is 83.9 cm³/mol. The van der Waals surface area contributed by atoms with Crippen LogP contribution in [0.5, 0.6) is 0 Å². The quantitative estimate of drug-likeness (QED) is 0.441. The number of amides is 1. The van der Waals surface area contributed by atoms with Crippen LogP contribution in [0.15, 0.2) is 21.5 Å². The van der Waals surface area contributed by atoms with E-state index >= 15 is 0 Å². The van der Waals surface area contributed by atoms with Crippen molar-refractivity contribution in [1.82, 2.24) is 9.78 Å². The van der Waals surface area contributed by atoms with Crippen LogP contribution in [0.4, 0.5) is 0 Å². The first-order chi connectivity index (χ1) is 12.6. The fourth-order valence-corrected chi connectivity index (χ4v) is 3.77. The van der Waals surface area contributed by atoms with E-state index in [0.29, 0.717) is 0 Å². The van der Waals surface area contributed by atoms with E-state index in [1.165, 1.54) is 11.7 Å². The fourth-order valence-electron chi connectivity index (χ4n) is 2.20. The first kappa shape index (κ1) is 24.3. The van der Waals surface area contributed by atoms with Crippen LogP contribution in [0.3, 0.4) is 0 Å². The monoisotopic (exact) mass is 455 g/mol. The van der Waals surface area contributed by atoms with Gasteiger partial charge < -0.3 is 0 Å². The third kappa shape index (κ3) is 8.07. The molecule has 0 fully saturated rings. The highest BCUT2D eigenvalue weighted by atomic mass is 35.7. The lowest BCUT2D eigenvalue weighted by Crippen LogP contribution is -2.68. The van der Waals surface area contributed by atoms with Gasteiger partial charge in [0.05, 0.1) is 0 Å². The van der Waals surface area contributed by atoms with E-state index in [0.717, 1.165) is 28.3 Å². The Balaban J connectivity index is 0.000000696. The van der Waals surface area contributed by atoms with E-state index in [9.17, 15) is 13.2 Å². The summed E-state index contributed by atoms with van der Waals surface area (Å²) in [6.07, 6.45) is 0. The number of hydrogen-bond donors (Lipinski definition) is 1. The first-order valence-electron chi connectivity index (χ1n) is 7.32. The minimum absolute atomic E-state index is 0.0700. The van der Waals surface area contributed by atoms with Gasteiger partial charge in [-0.25, -0.2) is 36.9 Å². The second-order valence-corrected chi connectivity index (χ2v) is 9.05. The minimum atomic E-state index is -4.94. The van der Waals surface area contributed by atoms with E-state index in [4.69, 9.17) is 23.8 Å². The van der Waals surface area contributed by atoms with Crippen LogP contribution in [-0.4, -0.2) is 24.1 Å². The Morgan fingerprint density at radius 3 is 2.11 bits per heavy atom. The molecule has 15 heteroatoms. The number of nitrogens with two attached hydrogens (primary N) is 1. The molecule has 156 valence electrons. The third-order valence-corrected chi connectivity index (χ3v) is 5.48. The average Bonchev–Trinajstić information content (AvgIpc) is 2.82. The van der Waals surface area contributed by atoms with Crippen molar-refractivity contribution in [2.75, 3.05) is 0 Å². The lowest BCUT2D eigenvalue weighted by molar-refractivity contribution is -2.00. The number of aryl methyl sites for hydroxylation is 4. The summed E-state index contributed by atoms with van der Waals surface area (Å²) < 4.78 is 59.3. The summed E-state index contributed by atoms with van der Waals surface area (Å²) in [7, 11) is -7.34. The molecule has 0 aliphatic rings. The highest BCUT2D eigenvalue weighted by Crippen LogP contribution is 2.04. The number of pyridine rings is 1. The van der Waals surface area contributed by atoms with Crippen LogP contribution in [0.25, 0.3) is 0 Å². The summed E-state index contributed by atoms with van der Waals surface area (Å²) in [5.41, 5.74) is 3.02. The molecule has 0 unspecified atom stereocenters. The van der Waals surface area contributed by atoms with Gasteiger partial charge in [-0.15, -0.1) is 15.3 Å². The normalized spacial score (nSPS) is 12.5. The fraction of sp³-hybridized carbons (Fsp3) is 0.385. The summed E-state index contributed by atoms with van der Waals surface area (Å²) in [4.78, 5) is 16.3. The molecule has 12 nitrogen and oxygen atoms in total. The highest BCUT2D eigenvalue weighted by molar-refractivity contribution is 7.91. The van der Waals surface area contributed by atoms with Crippen molar-refractivity contribution < 1.29 is 46.7 Å². The van der Waals surface area contributed by atoms with Crippen LogP contribution in [0.2, 0.25) is 0 Å². The van der Waals surface area contributed by atoms with Crippen molar-refractivity contribution in [2.45, 2.75) is 31.7 Å². The Kier molecular flexibility index (Phi) is 7.92. The van der Waals surface area contributed by atoms with Crippen LogP contribution in [0, 0.1) is 31.0 Å². The summed E-state index contributed by atoms with van der Waals surface area (Å²) >= 11 is 0.758. The van der Waals surface area contributed by atoms with Gasteiger partial charge in [0.25, 0.3) is 10.0 Å². The Hall–Kier alpha value is -1.78. The molecule has 0 atom stereocenters. The molecule has 0 aromatic carbocycles. The smallest absolute Gasteiger partial charge is 0.265 e. The molecule has 28 heavy (non-hydrogen) atoms. The molecule has 1 amide bonds. The van der Waals surface area contributed by atoms with Crippen molar-refractivity contribution in [3.05, 3.63) is 33.9 Å². The summed E-state index contributed by atoms with van der Waals surface area (Å²) in [6, 6.07) is 3.96. The van der Waals surface area contributed by atoms with Gasteiger partial charge in [0, 0.05) is 33.0 Å². The van der Waals surface area contributed by atoms with Gasteiger partial charge in [-0.05, 0) is 12.5 Å². The molecule has 2 rings (SSSR count). The molecule has 2 heterocycles. The molecular weight excluding hydrogens is 438 g/mol. The van der Waals surface area contributed by atoms with E-state index in [1.807, 2.05) is 37.5 Å². The number of hydrogen-bond acceptors (Lipinski definition) is 9. The van der Waals surface area contributed by atoms with E-state index in [-0.39, 0.29) is 15.7 Å². The Labute approximate surface area is 166 Å². The van der Waals surface area contributed by atoms with Gasteiger partial charge >= 0.3 is 5.91 Å². The number of primary sulfonamides is 1. The van der Waals surface area contributed by atoms with Crippen molar-refractivity contribution in [3.8, 4) is 0 Å². The molecule has 0 saturated heterocycles. The topological polar surface area (TPSA) is 204 Å². The van der Waals surface area contributed by atoms with Gasteiger partial charge in [-0.2, -0.15) is 9.56 Å². The van der Waals surface area contributed by atoms with Crippen molar-refractivity contribution >= 4 is 27.3 Å². The number of halogens is 1. The second kappa shape index (κ2) is 9.15. The van der Waals surface area contributed by atoms with Crippen molar-refractivity contribution in [1.29, 1.82) is 0 Å². The largest absolute Gasteiger partial charge is 0.314 e. The van der Waals surface area contributed by atoms with E-state index in [1.54, 1.807) is 0 Å². The molecule has 2 aromatic heterocycles. The van der Waals surface area contributed by atoms with Crippen LogP contribution in [-0.2, 0) is 28.4 Å². The number of rotatable bonds is 3. The maximum Gasteiger partial charge on any atom is 0.314 e. The SMILES string of the molecule is Cc1cc(C)[n+](CC(=O)N=c2sc(S(N)(=O)=O)nn2C)c(C)c1.[O-][Cl+3]([O-])([O-])[O-]. The zero-order valence-corrected chi connectivity index (χ0v) is 17.7. The van der Waals surface area contributed by atoms with Crippen molar-refractivity contribution in [2.24, 2.45) is 17.2 Å². The number of sulfonamides is 1. The Morgan fingerprint density at radius 2 is 1.71 bits per heavy atom. The lowest BCUT2D eigenvalue weighted by Gasteiger charge is -2.17. The molecule has 0 bridgehead atoms. The molecule has 2 aromatic rings. The van der Waals surface area contributed by atoms with E-state index in [2.05, 4.69) is 10.1 Å². The lowest BCUT2D eigenvalue weighted by atomic mass is 10.2. The second-order valence-electron chi connectivity index (χ2n) is 5.60. The molecule has 0 saturated carbocycles. The summed E-state index contributed by atoms with van der Waals surface area (Å²) in [5.74, 6) is -0.398. The van der Waals surface area contributed by atoms with Crippen LogP contribution < -0.4 is 33.1 Å². The zero-order chi connectivity index (χ0) is 21.9. The summed E-state index contributed by atoms with van der Waals surface area (Å²) in [6.45, 7) is 5.89. The highest BCUT2D eigenvalue weighted by Gasteiger charge is 2.18. The maximum absolute atomic E-state index is 12.2. The Morgan fingerprint density at radius 1 is 1.25 bits per heavy atom. The van der Waals surface area contributed by atoms with Gasteiger partial charge in [-0.1, -0.05) is 11.3 Å². The third-order valence-electron chi connectivity index (χ3n) is 3.17. The number of aromatic nitrogens is 3. The maximum atomic E-state index is 12.2. The standard InChI is InChI=1S/C13H18N5O3S2.ClHO4/c1-8-5-9(2)18(10(3)6-8)7-11(19)15-12-17(4)16-13(22-12)23(14,20)21;2-1(3,4)5/h5-6H,7H2,1-4H3,(H2,14,20,21);(H,2,3,4,5)/q+1;/p-1. The minimum Gasteiger partial charge on any atom is -0.265 e. The molecule has 0 spiro atoms. The van der Waals surface area contributed by atoms with Gasteiger partial charge in [0.15, 0.2) is 11.4 Å². The van der Waals surface area contributed by atoms with E-state index < -0.39 is 26.2 Å². The molecule has 0 aliphatic carbocycles. The van der Waals surface area contributed by atoms with Crippen molar-refractivity contribution in [3.63, 3.8) is 0 Å². The molecule has 0 radical (unpaired) electrons. The predicted octanol–water partition coefficient (Wildman–Crippen LogP) is -5.29. The zero-order valence-electron chi connectivity index (χ0n) is 15.3. The van der Waals surface area contributed by atoms with Crippen LogP contribution >= 0.6 is 11.3 Å². The number of carbonyl (C=O) groups is 1. The molecule has 2 N–H and O–H groups in total. The van der Waals surface area contributed by atoms with Gasteiger partial charge in [-0.3, -0.25) is 4.79 Å². The number of nitrogens with zero attached hydrogens (tertiary/aromatic N) is 4. The van der Waals surface area contributed by atoms with Gasteiger partial charge in [0.1, 0.15) is 0 Å². The van der Waals surface area contributed by atoms with Crippen LogP contribution in [0.1, 0.15) is 17.0 Å². The Bertz CT molecular complexity index is 1010. The summed E-state index contributed by atoms with van der Waals surface area (Å²) in [5, 5.41) is 8.78. The average molecular weight is 456 g/mol.